The quantitative estimate of drug-likeness (QED) is 0.194. The molecule has 2 heterocycles. The zero-order chi connectivity index (χ0) is 35.3. The summed E-state index contributed by atoms with van der Waals surface area (Å²) in [6, 6.07) is 14.3. The van der Waals surface area contributed by atoms with Gasteiger partial charge in [-0.1, -0.05) is 0 Å². The maximum Gasteiger partial charge on any atom is 0.169 e. The Morgan fingerprint density at radius 1 is 0.600 bits per heavy atom. The number of fused-ring (bicyclic) bond motifs is 3. The molecule has 4 aromatic carbocycles. The third-order valence-corrected chi connectivity index (χ3v) is 10.8. The van der Waals surface area contributed by atoms with Crippen LogP contribution in [0.1, 0.15) is 45.5 Å². The number of methoxy groups -OCH3 is 6. The van der Waals surface area contributed by atoms with E-state index in [0.29, 0.717) is 46.7 Å². The number of phenols is 1. The van der Waals surface area contributed by atoms with Gasteiger partial charge in [0.05, 0.1) is 42.7 Å². The molecule has 2 aliphatic heterocycles. The minimum atomic E-state index is 0.0370. The standard InChI is InChI=1S/C40H46N2O8/c1-41-11-9-22-15-31(44-3)33(46-5)19-26(22)28(41)14-25-18-32(45-4)35(48-7)21-30(25)50-36-17-24-13-29-38-23(10-12-42(29)2)16-37(49-8)40(43)39(38)27(24)20-34(36)47-6/h15-21,28-29,43H,9-14H2,1-8H3/t28-,29+/m1/s1. The smallest absolute Gasteiger partial charge is 0.169 e. The van der Waals surface area contributed by atoms with Gasteiger partial charge in [-0.3, -0.25) is 9.80 Å². The molecule has 10 nitrogen and oxygen atoms in total. The maximum absolute atomic E-state index is 11.5. The van der Waals surface area contributed by atoms with E-state index in [1.807, 2.05) is 24.3 Å². The van der Waals surface area contributed by atoms with Crippen LogP contribution in [0.15, 0.2) is 42.5 Å². The summed E-state index contributed by atoms with van der Waals surface area (Å²) in [4.78, 5) is 4.72. The molecule has 0 aromatic heterocycles. The van der Waals surface area contributed by atoms with Crippen molar-refractivity contribution in [1.29, 1.82) is 0 Å². The van der Waals surface area contributed by atoms with E-state index in [-0.39, 0.29) is 17.8 Å². The van der Waals surface area contributed by atoms with Gasteiger partial charge in [-0.15, -0.1) is 0 Å². The molecule has 0 radical (unpaired) electrons. The Labute approximate surface area is 294 Å². The molecule has 0 saturated heterocycles. The van der Waals surface area contributed by atoms with Crippen molar-refractivity contribution in [2.24, 2.45) is 0 Å². The number of hydrogen-bond donors (Lipinski definition) is 1. The number of hydrogen-bond acceptors (Lipinski definition) is 10. The second kappa shape index (κ2) is 13.5. The predicted molar refractivity (Wildman–Crippen MR) is 191 cm³/mol. The number of aromatic hydroxyl groups is 1. The number of nitrogens with zero attached hydrogens (tertiary/aromatic N) is 2. The van der Waals surface area contributed by atoms with Crippen LogP contribution in [0.4, 0.5) is 0 Å². The van der Waals surface area contributed by atoms with E-state index in [4.69, 9.17) is 33.2 Å². The lowest BCUT2D eigenvalue weighted by Gasteiger charge is -2.40. The van der Waals surface area contributed by atoms with Crippen molar-refractivity contribution in [2.75, 3.05) is 69.8 Å². The lowest BCUT2D eigenvalue weighted by Crippen LogP contribution is -2.35. The minimum absolute atomic E-state index is 0.0370. The molecule has 0 amide bonds. The number of phenolic OH excluding ortho intramolecular Hbond substituents is 1. The van der Waals surface area contributed by atoms with Crippen LogP contribution in [0.2, 0.25) is 0 Å². The highest BCUT2D eigenvalue weighted by molar-refractivity contribution is 5.84. The van der Waals surface area contributed by atoms with E-state index in [1.165, 1.54) is 16.7 Å². The molecule has 1 N–H and O–H groups in total. The molecule has 2 atom stereocenters. The van der Waals surface area contributed by atoms with Crippen LogP contribution in [0, 0.1) is 0 Å². The third kappa shape index (κ3) is 5.60. The van der Waals surface area contributed by atoms with Gasteiger partial charge >= 0.3 is 0 Å². The number of benzene rings is 4. The molecule has 7 rings (SSSR count). The lowest BCUT2D eigenvalue weighted by atomic mass is 9.76. The average Bonchev–Trinajstić information content (AvgIpc) is 3.14. The highest BCUT2D eigenvalue weighted by atomic mass is 16.5. The Morgan fingerprint density at radius 3 is 1.86 bits per heavy atom. The van der Waals surface area contributed by atoms with Crippen molar-refractivity contribution >= 4 is 0 Å². The van der Waals surface area contributed by atoms with E-state index in [2.05, 4.69) is 42.1 Å². The molecule has 0 unspecified atom stereocenters. The molecule has 4 aromatic rings. The van der Waals surface area contributed by atoms with Crippen molar-refractivity contribution in [3.63, 3.8) is 0 Å². The lowest BCUT2D eigenvalue weighted by molar-refractivity contribution is 0.226. The highest BCUT2D eigenvalue weighted by Gasteiger charge is 2.37. The second-order valence-electron chi connectivity index (χ2n) is 13.3. The molecule has 1 aliphatic carbocycles. The van der Waals surface area contributed by atoms with E-state index >= 15 is 0 Å². The van der Waals surface area contributed by atoms with Crippen molar-refractivity contribution in [2.45, 2.75) is 37.8 Å². The number of ether oxygens (including phenoxy) is 7. The summed E-state index contributed by atoms with van der Waals surface area (Å²) in [5.74, 6) is 5.02. The number of rotatable bonds is 10. The van der Waals surface area contributed by atoms with Gasteiger partial charge in [0, 0.05) is 42.4 Å². The fourth-order valence-corrected chi connectivity index (χ4v) is 8.02. The topological polar surface area (TPSA) is 91.3 Å². The Balaban J connectivity index is 1.33. The first-order valence-electron chi connectivity index (χ1n) is 16.9. The summed E-state index contributed by atoms with van der Waals surface area (Å²) in [6.07, 6.45) is 3.21. The second-order valence-corrected chi connectivity index (χ2v) is 13.3. The summed E-state index contributed by atoms with van der Waals surface area (Å²) in [6.45, 7) is 1.82. The Kier molecular flexibility index (Phi) is 9.09. The molecule has 10 heteroatoms. The molecule has 0 spiro atoms. The molecular formula is C40H46N2O8. The van der Waals surface area contributed by atoms with Gasteiger partial charge in [-0.2, -0.15) is 0 Å². The molecule has 264 valence electrons. The third-order valence-electron chi connectivity index (χ3n) is 10.8. The van der Waals surface area contributed by atoms with Gasteiger partial charge in [0.15, 0.2) is 46.0 Å². The zero-order valence-corrected chi connectivity index (χ0v) is 30.1. The molecule has 0 fully saturated rings. The SMILES string of the molecule is COc1cc(C[C@@H]2c3cc(OC)c(OC)cc3CCN2C)c(Oc2cc3c(cc2OC)-c2c(O)c(OC)cc4c2[C@H](C3)N(C)CC4)cc1OC. The Hall–Kier alpha value is -4.80. The molecular weight excluding hydrogens is 636 g/mol. The summed E-state index contributed by atoms with van der Waals surface area (Å²) >= 11 is 0. The first kappa shape index (κ1) is 33.7. The van der Waals surface area contributed by atoms with Gasteiger partial charge in [0.2, 0.25) is 0 Å². The van der Waals surface area contributed by atoms with Crippen LogP contribution in [-0.4, -0.2) is 84.7 Å². The van der Waals surface area contributed by atoms with Crippen LogP contribution in [0.25, 0.3) is 11.1 Å². The van der Waals surface area contributed by atoms with Crippen molar-refractivity contribution in [1.82, 2.24) is 9.80 Å². The van der Waals surface area contributed by atoms with Crippen molar-refractivity contribution in [3.8, 4) is 62.9 Å². The first-order valence-corrected chi connectivity index (χ1v) is 16.9. The molecule has 3 aliphatic rings. The first-order chi connectivity index (χ1) is 24.2. The Bertz CT molecular complexity index is 1940. The summed E-state index contributed by atoms with van der Waals surface area (Å²) < 4.78 is 41.3. The van der Waals surface area contributed by atoms with Crippen molar-refractivity contribution in [3.05, 3.63) is 75.8 Å². The Morgan fingerprint density at radius 2 is 1.16 bits per heavy atom. The molecule has 50 heavy (non-hydrogen) atoms. The van der Waals surface area contributed by atoms with Gasteiger partial charge in [-0.05, 0) is 110 Å². The normalized spacial score (nSPS) is 18.0. The van der Waals surface area contributed by atoms with E-state index in [9.17, 15) is 5.11 Å². The van der Waals surface area contributed by atoms with Gasteiger partial charge in [0.1, 0.15) is 5.75 Å². The van der Waals surface area contributed by atoms with Crippen LogP contribution in [0.3, 0.4) is 0 Å². The summed E-state index contributed by atoms with van der Waals surface area (Å²) in [7, 11) is 14.1. The van der Waals surface area contributed by atoms with Gasteiger partial charge in [0.25, 0.3) is 0 Å². The molecule has 0 saturated carbocycles. The fraction of sp³-hybridized carbons (Fsp3) is 0.400. The van der Waals surface area contributed by atoms with Gasteiger partial charge < -0.3 is 38.3 Å². The summed E-state index contributed by atoms with van der Waals surface area (Å²) in [5.41, 5.74) is 8.54. The monoisotopic (exact) mass is 682 g/mol. The number of likely N-dealkylation sites (N-methyl/N-ethyl adjacent to an activating group) is 2. The van der Waals surface area contributed by atoms with Crippen molar-refractivity contribution < 1.29 is 38.3 Å². The highest BCUT2D eigenvalue weighted by Crippen LogP contribution is 2.54. The zero-order valence-electron chi connectivity index (χ0n) is 30.1. The largest absolute Gasteiger partial charge is 0.504 e. The van der Waals surface area contributed by atoms with Crippen LogP contribution < -0.4 is 33.2 Å². The van der Waals surface area contributed by atoms with E-state index in [0.717, 1.165) is 65.9 Å². The maximum atomic E-state index is 11.5. The summed E-state index contributed by atoms with van der Waals surface area (Å²) in [5, 5.41) is 11.5. The minimum Gasteiger partial charge on any atom is -0.504 e. The average molecular weight is 683 g/mol. The van der Waals surface area contributed by atoms with E-state index < -0.39 is 0 Å². The fourth-order valence-electron chi connectivity index (χ4n) is 8.02. The van der Waals surface area contributed by atoms with Gasteiger partial charge in [-0.25, -0.2) is 0 Å². The predicted octanol–water partition coefficient (Wildman–Crippen LogP) is 6.76. The van der Waals surface area contributed by atoms with Crippen LogP contribution in [0.5, 0.6) is 51.7 Å². The van der Waals surface area contributed by atoms with Crippen LogP contribution >= 0.6 is 0 Å². The van der Waals surface area contributed by atoms with Crippen LogP contribution in [-0.2, 0) is 25.7 Å². The van der Waals surface area contributed by atoms with E-state index in [1.54, 1.807) is 42.7 Å². The molecule has 0 bridgehead atoms.